The normalized spacial score (nSPS) is 11.2. The smallest absolute Gasteiger partial charge is 0.162 e. The van der Waals surface area contributed by atoms with Gasteiger partial charge in [0.05, 0.1) is 26.0 Å². The molecule has 7 heteroatoms. The zero-order chi connectivity index (χ0) is 16.2. The van der Waals surface area contributed by atoms with Gasteiger partial charge >= 0.3 is 0 Å². The molecule has 0 amide bonds. The molecule has 2 aromatic heterocycles. The predicted molar refractivity (Wildman–Crippen MR) is 84.3 cm³/mol. The summed E-state index contributed by atoms with van der Waals surface area (Å²) in [6.07, 6.45) is 3.21. The van der Waals surface area contributed by atoms with E-state index in [1.165, 1.54) is 10.6 Å². The number of nitrogens with two attached hydrogens (primary N) is 1. The number of halogens is 1. The lowest BCUT2D eigenvalue weighted by atomic mass is 10.1. The third-order valence-corrected chi connectivity index (χ3v) is 3.49. The number of ether oxygens (including phenoxy) is 2. The first kappa shape index (κ1) is 15.4. The van der Waals surface area contributed by atoms with Crippen LogP contribution in [-0.2, 0) is 16.1 Å². The molecule has 0 fully saturated rings. The van der Waals surface area contributed by atoms with Gasteiger partial charge in [-0.15, -0.1) is 0 Å². The van der Waals surface area contributed by atoms with Gasteiger partial charge in [-0.2, -0.15) is 9.61 Å². The fourth-order valence-electron chi connectivity index (χ4n) is 2.31. The molecule has 0 radical (unpaired) electrons. The summed E-state index contributed by atoms with van der Waals surface area (Å²) in [6.45, 7) is 1.36. The molecule has 0 bridgehead atoms. The van der Waals surface area contributed by atoms with Crippen LogP contribution in [0.15, 0.2) is 36.7 Å². The van der Waals surface area contributed by atoms with Crippen LogP contribution in [0.1, 0.15) is 5.56 Å². The number of methoxy groups -OCH3 is 1. The van der Waals surface area contributed by atoms with Crippen LogP contribution in [0, 0.1) is 5.82 Å². The topological polar surface area (TPSA) is 74.7 Å². The van der Waals surface area contributed by atoms with Gasteiger partial charge in [0.25, 0.3) is 0 Å². The lowest BCUT2D eigenvalue weighted by Gasteiger charge is -2.08. The van der Waals surface area contributed by atoms with Gasteiger partial charge < -0.3 is 15.2 Å². The van der Waals surface area contributed by atoms with Gasteiger partial charge in [-0.1, -0.05) is 18.2 Å². The first-order chi connectivity index (χ1) is 11.2. The largest absolute Gasteiger partial charge is 0.383 e. The highest BCUT2D eigenvalue weighted by molar-refractivity contribution is 5.75. The van der Waals surface area contributed by atoms with Crippen LogP contribution < -0.4 is 5.73 Å². The zero-order valence-electron chi connectivity index (χ0n) is 12.7. The summed E-state index contributed by atoms with van der Waals surface area (Å²) in [4.78, 5) is 4.36. The van der Waals surface area contributed by atoms with E-state index in [4.69, 9.17) is 15.2 Å². The Morgan fingerprint density at radius 2 is 2.00 bits per heavy atom. The molecule has 23 heavy (non-hydrogen) atoms. The van der Waals surface area contributed by atoms with Crippen molar-refractivity contribution < 1.29 is 13.9 Å². The maximum absolute atomic E-state index is 14.0. The second-order valence-electron chi connectivity index (χ2n) is 4.99. The number of nitrogens with zero attached hydrogens (tertiary/aromatic N) is 3. The number of nitrogen functional groups attached to an aromatic ring is 1. The number of hydrogen-bond acceptors (Lipinski definition) is 5. The quantitative estimate of drug-likeness (QED) is 0.706. The SMILES string of the molecule is COCCOCc1cnn2c(N)c(-c3ccccc3F)cnc12. The molecule has 0 spiro atoms. The van der Waals surface area contributed by atoms with Crippen molar-refractivity contribution in [2.24, 2.45) is 0 Å². The fourth-order valence-corrected chi connectivity index (χ4v) is 2.31. The molecule has 0 atom stereocenters. The molecule has 0 saturated carbocycles. The standard InChI is InChI=1S/C16H17FN4O2/c1-22-6-7-23-10-11-8-20-21-15(18)13(9-19-16(11)21)12-4-2-3-5-14(12)17/h2-5,8-9H,6-7,10,18H2,1H3. The molecule has 2 N–H and O–H groups in total. The van der Waals surface area contributed by atoms with Gasteiger partial charge in [0.15, 0.2) is 5.65 Å². The van der Waals surface area contributed by atoms with Gasteiger partial charge in [0.2, 0.25) is 0 Å². The van der Waals surface area contributed by atoms with E-state index in [2.05, 4.69) is 10.1 Å². The molecule has 0 aliphatic heterocycles. The third kappa shape index (κ3) is 3.01. The Bertz CT molecular complexity index is 819. The predicted octanol–water partition coefficient (Wildman–Crippen LogP) is 2.28. The van der Waals surface area contributed by atoms with Crippen molar-refractivity contribution in [2.75, 3.05) is 26.1 Å². The summed E-state index contributed by atoms with van der Waals surface area (Å²) < 4.78 is 25.9. The van der Waals surface area contributed by atoms with E-state index in [1.807, 2.05) is 0 Å². The van der Waals surface area contributed by atoms with Crippen molar-refractivity contribution in [3.05, 3.63) is 48.0 Å². The molecule has 0 saturated heterocycles. The van der Waals surface area contributed by atoms with E-state index in [0.717, 1.165) is 5.56 Å². The molecular weight excluding hydrogens is 299 g/mol. The van der Waals surface area contributed by atoms with Crippen molar-refractivity contribution in [1.29, 1.82) is 0 Å². The molecular formula is C16H17FN4O2. The van der Waals surface area contributed by atoms with Crippen LogP contribution in [0.4, 0.5) is 10.2 Å². The highest BCUT2D eigenvalue weighted by Gasteiger charge is 2.14. The van der Waals surface area contributed by atoms with Crippen LogP contribution in [0.2, 0.25) is 0 Å². The van der Waals surface area contributed by atoms with Crippen LogP contribution in [0.25, 0.3) is 16.8 Å². The van der Waals surface area contributed by atoms with Crippen molar-refractivity contribution in [3.63, 3.8) is 0 Å². The summed E-state index contributed by atoms with van der Waals surface area (Å²) >= 11 is 0. The summed E-state index contributed by atoms with van der Waals surface area (Å²) in [6, 6.07) is 6.43. The molecule has 2 heterocycles. The second-order valence-corrected chi connectivity index (χ2v) is 4.99. The Morgan fingerprint density at radius 1 is 1.17 bits per heavy atom. The van der Waals surface area contributed by atoms with Crippen molar-refractivity contribution in [2.45, 2.75) is 6.61 Å². The lowest BCUT2D eigenvalue weighted by molar-refractivity contribution is 0.0620. The minimum absolute atomic E-state index is 0.336. The lowest BCUT2D eigenvalue weighted by Crippen LogP contribution is -2.05. The Labute approximate surface area is 132 Å². The summed E-state index contributed by atoms with van der Waals surface area (Å²) in [7, 11) is 1.62. The molecule has 1 aromatic carbocycles. The van der Waals surface area contributed by atoms with E-state index in [0.29, 0.717) is 42.4 Å². The van der Waals surface area contributed by atoms with Crippen LogP contribution in [-0.4, -0.2) is 34.9 Å². The second kappa shape index (κ2) is 6.72. The van der Waals surface area contributed by atoms with Gasteiger partial charge in [-0.3, -0.25) is 0 Å². The van der Waals surface area contributed by atoms with Gasteiger partial charge in [-0.05, 0) is 6.07 Å². The summed E-state index contributed by atoms with van der Waals surface area (Å²) in [5.74, 6) is -0.0149. The fraction of sp³-hybridized carbons (Fsp3) is 0.250. The highest BCUT2D eigenvalue weighted by atomic mass is 19.1. The summed E-state index contributed by atoms with van der Waals surface area (Å²) in [5.41, 5.74) is 8.45. The maximum Gasteiger partial charge on any atom is 0.162 e. The van der Waals surface area contributed by atoms with Gasteiger partial charge in [0.1, 0.15) is 11.6 Å². The highest BCUT2D eigenvalue weighted by Crippen LogP contribution is 2.28. The molecule has 3 aromatic rings. The molecule has 3 rings (SSSR count). The van der Waals surface area contributed by atoms with E-state index in [1.54, 1.807) is 37.7 Å². The van der Waals surface area contributed by atoms with E-state index in [9.17, 15) is 4.39 Å². The third-order valence-electron chi connectivity index (χ3n) is 3.49. The molecule has 0 aliphatic rings. The molecule has 6 nitrogen and oxygen atoms in total. The van der Waals surface area contributed by atoms with E-state index in [-0.39, 0.29) is 5.82 Å². The molecule has 0 unspecified atom stereocenters. The van der Waals surface area contributed by atoms with Crippen molar-refractivity contribution in [3.8, 4) is 11.1 Å². The molecule has 120 valence electrons. The van der Waals surface area contributed by atoms with Gasteiger partial charge in [-0.25, -0.2) is 9.37 Å². The molecule has 0 aliphatic carbocycles. The minimum Gasteiger partial charge on any atom is -0.383 e. The van der Waals surface area contributed by atoms with Crippen LogP contribution in [0.3, 0.4) is 0 Å². The zero-order valence-corrected chi connectivity index (χ0v) is 12.7. The Hall–Kier alpha value is -2.51. The first-order valence-electron chi connectivity index (χ1n) is 7.15. The first-order valence-corrected chi connectivity index (χ1v) is 7.15. The average molecular weight is 316 g/mol. The number of rotatable bonds is 6. The Balaban J connectivity index is 1.93. The van der Waals surface area contributed by atoms with Crippen LogP contribution in [0.5, 0.6) is 0 Å². The number of aromatic nitrogens is 3. The number of hydrogen-bond donors (Lipinski definition) is 1. The number of anilines is 1. The van der Waals surface area contributed by atoms with Crippen LogP contribution >= 0.6 is 0 Å². The summed E-state index contributed by atoms with van der Waals surface area (Å²) in [5, 5.41) is 4.23. The Kier molecular flexibility index (Phi) is 4.50. The van der Waals surface area contributed by atoms with Crippen molar-refractivity contribution in [1.82, 2.24) is 14.6 Å². The van der Waals surface area contributed by atoms with E-state index < -0.39 is 0 Å². The maximum atomic E-state index is 14.0. The van der Waals surface area contributed by atoms with Crippen molar-refractivity contribution >= 4 is 11.5 Å². The van der Waals surface area contributed by atoms with E-state index >= 15 is 0 Å². The Morgan fingerprint density at radius 3 is 2.78 bits per heavy atom. The van der Waals surface area contributed by atoms with Gasteiger partial charge in [0, 0.05) is 30.0 Å². The number of benzene rings is 1. The number of fused-ring (bicyclic) bond motifs is 1. The average Bonchev–Trinajstić information content (AvgIpc) is 2.97. The monoisotopic (exact) mass is 316 g/mol. The minimum atomic E-state index is -0.351.